The minimum absolute atomic E-state index is 0.122. The number of furan rings is 1. The van der Waals surface area contributed by atoms with Crippen LogP contribution in [0, 0.1) is 5.92 Å². The molecule has 0 unspecified atom stereocenters. The van der Waals surface area contributed by atoms with E-state index in [-0.39, 0.29) is 5.92 Å². The number of carbonyl (C=O) groups excluding carboxylic acids is 1. The average molecular weight is 328 g/mol. The van der Waals surface area contributed by atoms with Gasteiger partial charge in [0.25, 0.3) is 0 Å². The van der Waals surface area contributed by atoms with Crippen molar-refractivity contribution in [3.63, 3.8) is 0 Å². The van der Waals surface area contributed by atoms with Crippen molar-refractivity contribution in [2.45, 2.75) is 25.3 Å². The molecule has 2 atom stereocenters. The van der Waals surface area contributed by atoms with Gasteiger partial charge in [0, 0.05) is 57.5 Å². The van der Waals surface area contributed by atoms with Crippen molar-refractivity contribution in [1.82, 2.24) is 19.4 Å². The summed E-state index contributed by atoms with van der Waals surface area (Å²) in [5, 5.41) is 0. The van der Waals surface area contributed by atoms with Gasteiger partial charge in [0.2, 0.25) is 5.91 Å². The first-order valence-corrected chi connectivity index (χ1v) is 8.73. The van der Waals surface area contributed by atoms with Crippen LogP contribution in [0.1, 0.15) is 30.3 Å². The number of imidazole rings is 1. The highest BCUT2D eigenvalue weighted by Gasteiger charge is 2.47. The molecular formula is C18H24N4O2. The minimum atomic E-state index is 0.122. The van der Waals surface area contributed by atoms with E-state index in [1.165, 1.54) is 0 Å². The topological polar surface area (TPSA) is 54.5 Å². The number of hydrogen-bond acceptors (Lipinski definition) is 4. The van der Waals surface area contributed by atoms with E-state index in [1.807, 2.05) is 36.5 Å². The average Bonchev–Trinajstić information content (AvgIpc) is 3.10. The van der Waals surface area contributed by atoms with Gasteiger partial charge in [-0.1, -0.05) is 0 Å². The summed E-state index contributed by atoms with van der Waals surface area (Å²) in [5.74, 6) is 2.75. The Morgan fingerprint density at radius 2 is 2.25 bits per heavy atom. The molecule has 2 fully saturated rings. The molecule has 6 heteroatoms. The van der Waals surface area contributed by atoms with Gasteiger partial charge in [-0.25, -0.2) is 4.98 Å². The Hall–Kier alpha value is -2.08. The Morgan fingerprint density at radius 1 is 1.33 bits per heavy atom. The third kappa shape index (κ3) is 3.11. The monoisotopic (exact) mass is 328 g/mol. The number of hydrogen-bond donors (Lipinski definition) is 0. The Morgan fingerprint density at radius 3 is 3.00 bits per heavy atom. The summed E-state index contributed by atoms with van der Waals surface area (Å²) in [6.45, 7) is 4.45. The van der Waals surface area contributed by atoms with Crippen molar-refractivity contribution in [1.29, 1.82) is 0 Å². The van der Waals surface area contributed by atoms with Crippen LogP contribution in [0.4, 0.5) is 0 Å². The summed E-state index contributed by atoms with van der Waals surface area (Å²) in [7, 11) is 2.03. The molecule has 6 nitrogen and oxygen atoms in total. The summed E-state index contributed by atoms with van der Waals surface area (Å²) in [6, 6.07) is 3.88. The van der Waals surface area contributed by atoms with Crippen LogP contribution in [-0.4, -0.2) is 51.4 Å². The Bertz CT molecular complexity index is 694. The summed E-state index contributed by atoms with van der Waals surface area (Å²) in [4.78, 5) is 21.6. The number of nitrogens with zero attached hydrogens (tertiary/aromatic N) is 4. The fraction of sp³-hybridized carbons (Fsp3) is 0.556. The van der Waals surface area contributed by atoms with Gasteiger partial charge in [-0.2, -0.15) is 0 Å². The van der Waals surface area contributed by atoms with E-state index in [1.54, 1.807) is 6.26 Å². The number of aryl methyl sites for hydroxylation is 1. The van der Waals surface area contributed by atoms with E-state index in [0.29, 0.717) is 11.8 Å². The maximum absolute atomic E-state index is 12.7. The van der Waals surface area contributed by atoms with Crippen molar-refractivity contribution < 1.29 is 9.21 Å². The molecule has 0 aromatic carbocycles. The summed E-state index contributed by atoms with van der Waals surface area (Å²) in [5.41, 5.74) is 0. The molecule has 1 saturated carbocycles. The first-order chi connectivity index (χ1) is 11.7. The van der Waals surface area contributed by atoms with Crippen molar-refractivity contribution >= 4 is 5.91 Å². The second kappa shape index (κ2) is 6.43. The molecule has 2 aliphatic rings. The molecule has 2 aromatic rings. The normalized spacial score (nSPS) is 24.8. The number of amides is 1. The molecule has 2 aromatic heterocycles. The van der Waals surface area contributed by atoms with E-state index in [4.69, 9.17) is 4.42 Å². The van der Waals surface area contributed by atoms with E-state index in [2.05, 4.69) is 14.5 Å². The van der Waals surface area contributed by atoms with Crippen molar-refractivity contribution in [2.24, 2.45) is 13.0 Å². The molecule has 0 bridgehead atoms. The van der Waals surface area contributed by atoms with Crippen molar-refractivity contribution in [3.05, 3.63) is 42.4 Å². The summed E-state index contributed by atoms with van der Waals surface area (Å²) < 4.78 is 7.51. The van der Waals surface area contributed by atoms with Crippen molar-refractivity contribution in [2.75, 3.05) is 26.2 Å². The van der Waals surface area contributed by atoms with Crippen LogP contribution in [0.15, 0.2) is 35.2 Å². The largest absolute Gasteiger partial charge is 0.469 e. The van der Waals surface area contributed by atoms with E-state index >= 15 is 0 Å². The molecule has 128 valence electrons. The SMILES string of the molecule is Cn1ccnc1CN1CCCN(C(=O)[C@@H]2C[C@H]2c2ccco2)CC1. The highest BCUT2D eigenvalue weighted by molar-refractivity contribution is 5.82. The number of aromatic nitrogens is 2. The zero-order chi connectivity index (χ0) is 16.5. The predicted octanol–water partition coefficient (Wildman–Crippen LogP) is 1.85. The van der Waals surface area contributed by atoms with Gasteiger partial charge in [-0.3, -0.25) is 9.69 Å². The molecule has 4 rings (SSSR count). The fourth-order valence-corrected chi connectivity index (χ4v) is 3.62. The highest BCUT2D eigenvalue weighted by atomic mass is 16.3. The smallest absolute Gasteiger partial charge is 0.226 e. The quantitative estimate of drug-likeness (QED) is 0.859. The highest BCUT2D eigenvalue weighted by Crippen LogP contribution is 2.48. The van der Waals surface area contributed by atoms with Crippen LogP contribution in [0.2, 0.25) is 0 Å². The second-order valence-corrected chi connectivity index (χ2v) is 6.87. The van der Waals surface area contributed by atoms with Gasteiger partial charge in [0.1, 0.15) is 11.6 Å². The lowest BCUT2D eigenvalue weighted by Gasteiger charge is -2.22. The number of rotatable bonds is 4. The molecule has 1 saturated heterocycles. The van der Waals surface area contributed by atoms with Gasteiger partial charge < -0.3 is 13.9 Å². The van der Waals surface area contributed by atoms with Gasteiger partial charge >= 0.3 is 0 Å². The van der Waals surface area contributed by atoms with E-state index in [0.717, 1.165) is 57.2 Å². The zero-order valence-electron chi connectivity index (χ0n) is 14.1. The number of carbonyl (C=O) groups is 1. The van der Waals surface area contributed by atoms with Crippen LogP contribution >= 0.6 is 0 Å². The standard InChI is InChI=1S/C18H24N4O2/c1-20-8-5-19-17(20)13-21-6-3-7-22(10-9-21)18(23)15-12-14(15)16-4-2-11-24-16/h2,4-5,8,11,14-15H,3,6-7,9-10,12-13H2,1H3/t14-,15-/m1/s1. The zero-order valence-corrected chi connectivity index (χ0v) is 14.1. The molecule has 1 amide bonds. The molecule has 24 heavy (non-hydrogen) atoms. The van der Waals surface area contributed by atoms with Crippen LogP contribution in [0.5, 0.6) is 0 Å². The molecule has 0 spiro atoms. The minimum Gasteiger partial charge on any atom is -0.469 e. The lowest BCUT2D eigenvalue weighted by atomic mass is 10.2. The third-order valence-corrected chi connectivity index (χ3v) is 5.20. The molecule has 0 radical (unpaired) electrons. The predicted molar refractivity (Wildman–Crippen MR) is 89.2 cm³/mol. The van der Waals surface area contributed by atoms with Crippen LogP contribution < -0.4 is 0 Å². The summed E-state index contributed by atoms with van der Waals surface area (Å²) >= 11 is 0. The van der Waals surface area contributed by atoms with Gasteiger partial charge in [-0.05, 0) is 25.0 Å². The Labute approximate surface area is 142 Å². The first-order valence-electron chi connectivity index (χ1n) is 8.73. The third-order valence-electron chi connectivity index (χ3n) is 5.20. The van der Waals surface area contributed by atoms with Gasteiger partial charge in [0.05, 0.1) is 12.8 Å². The van der Waals surface area contributed by atoms with Crippen LogP contribution in [-0.2, 0) is 18.4 Å². The fourth-order valence-electron chi connectivity index (χ4n) is 3.62. The first kappa shape index (κ1) is 15.4. The van der Waals surface area contributed by atoms with Gasteiger partial charge in [-0.15, -0.1) is 0 Å². The maximum atomic E-state index is 12.7. The van der Waals surface area contributed by atoms with Gasteiger partial charge in [0.15, 0.2) is 0 Å². The molecule has 1 aliphatic heterocycles. The molecule has 3 heterocycles. The Kier molecular flexibility index (Phi) is 4.14. The van der Waals surface area contributed by atoms with E-state index < -0.39 is 0 Å². The molecule has 0 N–H and O–H groups in total. The molecule has 1 aliphatic carbocycles. The second-order valence-electron chi connectivity index (χ2n) is 6.87. The Balaban J connectivity index is 1.32. The van der Waals surface area contributed by atoms with Crippen LogP contribution in [0.3, 0.4) is 0 Å². The van der Waals surface area contributed by atoms with E-state index in [9.17, 15) is 4.79 Å². The summed E-state index contributed by atoms with van der Waals surface area (Å²) in [6.07, 6.45) is 7.46. The molecular weight excluding hydrogens is 304 g/mol. The lowest BCUT2D eigenvalue weighted by molar-refractivity contribution is -0.132. The van der Waals surface area contributed by atoms with Crippen molar-refractivity contribution in [3.8, 4) is 0 Å². The lowest BCUT2D eigenvalue weighted by Crippen LogP contribution is -2.36. The maximum Gasteiger partial charge on any atom is 0.226 e. The van der Waals surface area contributed by atoms with Crippen LogP contribution in [0.25, 0.3) is 0 Å².